The molecule has 94 valence electrons. The zero-order valence-corrected chi connectivity index (χ0v) is 10.3. The van der Waals surface area contributed by atoms with Gasteiger partial charge < -0.3 is 14.2 Å². The molecule has 1 aromatic rings. The standard InChI is InChI=1S/C10H17N4O3/c1-14(9-4-5-11-13-12-9)6-7-17-8-10(14,15-2)16-3/h4-5H,6-8H2,1-3H3/q+1. The lowest BCUT2D eigenvalue weighted by Crippen LogP contribution is -2.71. The van der Waals surface area contributed by atoms with Crippen molar-refractivity contribution in [1.82, 2.24) is 19.9 Å². The number of nitrogens with zero attached hydrogens (tertiary/aromatic N) is 4. The first kappa shape index (κ1) is 12.3. The van der Waals surface area contributed by atoms with E-state index in [0.29, 0.717) is 24.2 Å². The molecule has 2 rings (SSSR count). The van der Waals surface area contributed by atoms with Crippen LogP contribution >= 0.6 is 0 Å². The Labute approximate surface area is 99.9 Å². The van der Waals surface area contributed by atoms with Gasteiger partial charge in [-0.05, 0) is 5.21 Å². The van der Waals surface area contributed by atoms with Crippen LogP contribution in [0, 0.1) is 0 Å². The molecular formula is C10H17N4O3+. The summed E-state index contributed by atoms with van der Waals surface area (Å²) in [6.07, 6.45) is 1.61. The normalized spacial score (nSPS) is 27.9. The number of morpholine rings is 1. The second kappa shape index (κ2) is 4.61. The first-order chi connectivity index (χ1) is 8.18. The Morgan fingerprint density at radius 1 is 1.41 bits per heavy atom. The fourth-order valence-electron chi connectivity index (χ4n) is 2.15. The average molecular weight is 241 g/mol. The van der Waals surface area contributed by atoms with E-state index in [1.807, 2.05) is 13.1 Å². The molecule has 1 aromatic heterocycles. The summed E-state index contributed by atoms with van der Waals surface area (Å²) in [5, 5.41) is 11.4. The number of hydrogen-bond donors (Lipinski definition) is 0. The van der Waals surface area contributed by atoms with Crippen LogP contribution in [0.4, 0.5) is 5.82 Å². The molecule has 1 fully saturated rings. The van der Waals surface area contributed by atoms with Gasteiger partial charge in [0.25, 0.3) is 5.82 Å². The highest BCUT2D eigenvalue weighted by atomic mass is 16.7. The third kappa shape index (κ3) is 1.81. The molecule has 0 aromatic carbocycles. The quantitative estimate of drug-likeness (QED) is 0.538. The SMILES string of the molecule is COC1(OC)COCC[N+]1(C)c1ccnnn1. The van der Waals surface area contributed by atoms with E-state index in [4.69, 9.17) is 14.2 Å². The summed E-state index contributed by atoms with van der Waals surface area (Å²) in [5.41, 5.74) is 0. The number of hydrogen-bond acceptors (Lipinski definition) is 6. The van der Waals surface area contributed by atoms with Gasteiger partial charge in [-0.25, -0.2) is 4.48 Å². The Balaban J connectivity index is 2.44. The molecule has 0 spiro atoms. The van der Waals surface area contributed by atoms with Gasteiger partial charge in [-0.3, -0.25) is 0 Å². The molecule has 0 N–H and O–H groups in total. The minimum atomic E-state index is -0.895. The van der Waals surface area contributed by atoms with E-state index in [0.717, 1.165) is 5.82 Å². The highest BCUT2D eigenvalue weighted by Crippen LogP contribution is 2.33. The van der Waals surface area contributed by atoms with E-state index < -0.39 is 5.91 Å². The summed E-state index contributed by atoms with van der Waals surface area (Å²) in [6.45, 7) is 1.66. The van der Waals surface area contributed by atoms with E-state index in [-0.39, 0.29) is 0 Å². The Kier molecular flexibility index (Phi) is 3.34. The number of quaternary nitrogens is 1. The van der Waals surface area contributed by atoms with Gasteiger partial charge >= 0.3 is 5.91 Å². The van der Waals surface area contributed by atoms with Gasteiger partial charge in [0.15, 0.2) is 6.61 Å². The van der Waals surface area contributed by atoms with E-state index in [9.17, 15) is 0 Å². The van der Waals surface area contributed by atoms with Crippen LogP contribution in [0.5, 0.6) is 0 Å². The molecule has 1 saturated heterocycles. The lowest BCUT2D eigenvalue weighted by atomic mass is 10.2. The average Bonchev–Trinajstić information content (AvgIpc) is 2.41. The first-order valence-corrected chi connectivity index (χ1v) is 5.37. The minimum absolute atomic E-state index is 0.348. The molecular weight excluding hydrogens is 224 g/mol. The van der Waals surface area contributed by atoms with Crippen LogP contribution in [0.3, 0.4) is 0 Å². The summed E-state index contributed by atoms with van der Waals surface area (Å²) < 4.78 is 16.9. The third-order valence-corrected chi connectivity index (χ3v) is 3.35. The maximum absolute atomic E-state index is 5.53. The molecule has 2 heterocycles. The third-order valence-electron chi connectivity index (χ3n) is 3.35. The van der Waals surface area contributed by atoms with Crippen molar-refractivity contribution in [1.29, 1.82) is 0 Å². The largest absolute Gasteiger partial charge is 0.363 e. The van der Waals surface area contributed by atoms with Gasteiger partial charge in [0, 0.05) is 20.3 Å². The van der Waals surface area contributed by atoms with Crippen molar-refractivity contribution >= 4 is 5.82 Å². The minimum Gasteiger partial charge on any atom is -0.363 e. The predicted octanol–water partition coefficient (Wildman–Crippen LogP) is -0.214. The van der Waals surface area contributed by atoms with Crippen LogP contribution in [-0.2, 0) is 14.2 Å². The first-order valence-electron chi connectivity index (χ1n) is 5.37. The summed E-state index contributed by atoms with van der Waals surface area (Å²) in [4.78, 5) is 0. The van der Waals surface area contributed by atoms with Gasteiger partial charge in [0.2, 0.25) is 0 Å². The maximum Gasteiger partial charge on any atom is 0.349 e. The summed E-state index contributed by atoms with van der Waals surface area (Å²) in [5.74, 6) is -0.152. The second-order valence-corrected chi connectivity index (χ2v) is 4.07. The van der Waals surface area contributed by atoms with Crippen molar-refractivity contribution in [2.24, 2.45) is 0 Å². The molecule has 7 heteroatoms. The van der Waals surface area contributed by atoms with Gasteiger partial charge in [-0.15, -0.1) is 5.10 Å². The monoisotopic (exact) mass is 241 g/mol. The topological polar surface area (TPSA) is 66.4 Å². The predicted molar refractivity (Wildman–Crippen MR) is 60.0 cm³/mol. The number of ether oxygens (including phenoxy) is 3. The lowest BCUT2D eigenvalue weighted by Gasteiger charge is -2.48. The molecule has 17 heavy (non-hydrogen) atoms. The van der Waals surface area contributed by atoms with Crippen molar-refractivity contribution in [2.75, 3.05) is 41.0 Å². The second-order valence-electron chi connectivity index (χ2n) is 4.07. The van der Waals surface area contributed by atoms with Crippen molar-refractivity contribution in [2.45, 2.75) is 5.91 Å². The molecule has 0 saturated carbocycles. The Bertz CT molecular complexity index is 371. The summed E-state index contributed by atoms with van der Waals surface area (Å²) >= 11 is 0. The molecule has 7 nitrogen and oxygen atoms in total. The van der Waals surface area contributed by atoms with Gasteiger partial charge in [-0.2, -0.15) is 0 Å². The number of methoxy groups -OCH3 is 2. The van der Waals surface area contributed by atoms with Gasteiger partial charge in [-0.1, -0.05) is 5.10 Å². The summed E-state index contributed by atoms with van der Waals surface area (Å²) in [6, 6.07) is 1.81. The van der Waals surface area contributed by atoms with Gasteiger partial charge in [0.05, 0.1) is 19.9 Å². The smallest absolute Gasteiger partial charge is 0.349 e. The molecule has 1 unspecified atom stereocenters. The molecule has 1 atom stereocenters. The highest BCUT2D eigenvalue weighted by Gasteiger charge is 2.55. The fourth-order valence-corrected chi connectivity index (χ4v) is 2.15. The van der Waals surface area contributed by atoms with E-state index in [1.165, 1.54) is 0 Å². The zero-order valence-electron chi connectivity index (χ0n) is 10.3. The molecule has 0 aliphatic carbocycles. The number of rotatable bonds is 3. The van der Waals surface area contributed by atoms with Gasteiger partial charge in [0.1, 0.15) is 6.54 Å². The molecule has 0 radical (unpaired) electrons. The Morgan fingerprint density at radius 3 is 2.76 bits per heavy atom. The summed E-state index contributed by atoms with van der Waals surface area (Å²) in [7, 11) is 5.19. The highest BCUT2D eigenvalue weighted by molar-refractivity contribution is 5.32. The van der Waals surface area contributed by atoms with Crippen LogP contribution < -0.4 is 4.48 Å². The Morgan fingerprint density at radius 2 is 2.18 bits per heavy atom. The van der Waals surface area contributed by atoms with Crippen LogP contribution in [0.15, 0.2) is 12.3 Å². The number of aromatic nitrogens is 3. The molecule has 0 bridgehead atoms. The molecule has 1 aliphatic rings. The van der Waals surface area contributed by atoms with Crippen molar-refractivity contribution in [3.8, 4) is 0 Å². The zero-order chi connectivity index (χ0) is 12.4. The van der Waals surface area contributed by atoms with Crippen molar-refractivity contribution in [3.63, 3.8) is 0 Å². The van der Waals surface area contributed by atoms with E-state index in [1.54, 1.807) is 20.4 Å². The van der Waals surface area contributed by atoms with E-state index in [2.05, 4.69) is 15.4 Å². The molecule has 0 amide bonds. The van der Waals surface area contributed by atoms with Crippen LogP contribution in [0.2, 0.25) is 0 Å². The van der Waals surface area contributed by atoms with Crippen molar-refractivity contribution in [3.05, 3.63) is 12.3 Å². The van der Waals surface area contributed by atoms with Crippen LogP contribution in [0.1, 0.15) is 0 Å². The fraction of sp³-hybridized carbons (Fsp3) is 0.700. The van der Waals surface area contributed by atoms with Crippen molar-refractivity contribution < 1.29 is 14.2 Å². The van der Waals surface area contributed by atoms with Crippen LogP contribution in [-0.4, -0.2) is 62.3 Å². The molecule has 1 aliphatic heterocycles. The number of likely N-dealkylation sites (N-methyl/N-ethyl adjacent to an activating group) is 1. The maximum atomic E-state index is 5.53. The van der Waals surface area contributed by atoms with E-state index >= 15 is 0 Å². The lowest BCUT2D eigenvalue weighted by molar-refractivity contribution is -0.324. The Hall–Kier alpha value is -1.15. The van der Waals surface area contributed by atoms with Crippen LogP contribution in [0.25, 0.3) is 0 Å².